The number of aromatic carboxylic acids is 1. The molecule has 0 spiro atoms. The maximum atomic E-state index is 13.6. The smallest absolute Gasteiger partial charge is 0.478 e. The van der Waals surface area contributed by atoms with Gasteiger partial charge in [-0.25, -0.2) is 23.3 Å². The SMILES string of the molecule is C=C1C=C2Oc3cc(NCC)c(C)cc3C(c3ccc(C(=O)NCC(C)(C)SSCOCC#Cc4cn([C@H]5CC(OCSSC(C)(C)C)[C@@H](COP(=O)(O)OP(=O)(O)OP(=O)(O)O)O5)c(=O)nc4N)cc3C(=O)O)C2C=C1C. The first-order valence-electron chi connectivity index (χ1n) is 23.8. The number of fused-ring (bicyclic) bond motifs is 2. The zero-order valence-corrected chi connectivity index (χ0v) is 49.6. The van der Waals surface area contributed by atoms with Crippen molar-refractivity contribution >= 4 is 90.0 Å². The van der Waals surface area contributed by atoms with Gasteiger partial charge in [0.2, 0.25) is 0 Å². The lowest BCUT2D eigenvalue weighted by Crippen LogP contribution is -2.36. The summed E-state index contributed by atoms with van der Waals surface area (Å²) in [6.45, 7) is 20.0. The second-order valence-electron chi connectivity index (χ2n) is 19.4. The van der Waals surface area contributed by atoms with Crippen LogP contribution in [0.5, 0.6) is 5.75 Å². The first kappa shape index (κ1) is 63.3. The molecule has 1 aliphatic carbocycles. The van der Waals surface area contributed by atoms with Gasteiger partial charge in [0.25, 0.3) is 5.91 Å². The molecule has 1 saturated heterocycles. The van der Waals surface area contributed by atoms with Crippen molar-refractivity contribution in [1.29, 1.82) is 0 Å². The van der Waals surface area contributed by atoms with E-state index in [1.165, 1.54) is 55.4 Å². The Balaban J connectivity index is 1.04. The molecule has 7 atom stereocenters. The summed E-state index contributed by atoms with van der Waals surface area (Å²) in [7, 11) is -11.2. The van der Waals surface area contributed by atoms with Crippen molar-refractivity contribution in [3.63, 3.8) is 0 Å². The fraction of sp³-hybridized carbons (Fsp3) is 0.458. The number of anilines is 2. The molecular weight excluding hydrogens is 1160 g/mol. The van der Waals surface area contributed by atoms with E-state index < -0.39 is 76.7 Å². The van der Waals surface area contributed by atoms with Gasteiger partial charge in [0, 0.05) is 69.9 Å². The number of aromatic nitrogens is 2. The second kappa shape index (κ2) is 26.4. The fourth-order valence-electron chi connectivity index (χ4n) is 8.09. The van der Waals surface area contributed by atoms with Crippen LogP contribution in [0.2, 0.25) is 0 Å². The van der Waals surface area contributed by atoms with Gasteiger partial charge >= 0.3 is 35.1 Å². The molecular formula is C48H62N5O18P3S4. The quantitative estimate of drug-likeness (QED) is 0.0136. The summed E-state index contributed by atoms with van der Waals surface area (Å²) in [5.41, 5.74) is 10.6. The van der Waals surface area contributed by atoms with Crippen LogP contribution < -0.4 is 26.8 Å². The van der Waals surface area contributed by atoms with Gasteiger partial charge < -0.3 is 60.0 Å². The number of nitrogen functional groups attached to an aromatic ring is 1. The van der Waals surface area contributed by atoms with E-state index in [1.807, 2.05) is 73.6 Å². The van der Waals surface area contributed by atoms with E-state index in [2.05, 4.69) is 48.7 Å². The van der Waals surface area contributed by atoms with Crippen LogP contribution in [0.1, 0.15) is 110 Å². The van der Waals surface area contributed by atoms with E-state index in [1.54, 1.807) is 12.1 Å². The fourth-order valence-corrected chi connectivity index (χ4v) is 15.3. The van der Waals surface area contributed by atoms with E-state index in [0.29, 0.717) is 23.6 Å². The number of ether oxygens (including phenoxy) is 4. The number of carbonyl (C=O) groups excluding carboxylic acids is 1. The molecule has 1 amide bonds. The number of benzene rings is 2. The van der Waals surface area contributed by atoms with Gasteiger partial charge in [0.1, 0.15) is 48.1 Å². The number of carboxylic acids is 1. The normalized spacial score (nSPS) is 20.9. The van der Waals surface area contributed by atoms with Gasteiger partial charge in [-0.05, 0) is 81.2 Å². The lowest BCUT2D eigenvalue weighted by atomic mass is 9.72. The predicted octanol–water partition coefficient (Wildman–Crippen LogP) is 8.87. The van der Waals surface area contributed by atoms with Crippen molar-refractivity contribution < 1.29 is 80.1 Å². The van der Waals surface area contributed by atoms with Crippen LogP contribution in [0.25, 0.3) is 0 Å². The molecule has 2 aromatic carbocycles. The number of phosphoric ester groups is 1. The van der Waals surface area contributed by atoms with Gasteiger partial charge in [0.05, 0.1) is 23.8 Å². The highest BCUT2D eigenvalue weighted by atomic mass is 33.1. The summed E-state index contributed by atoms with van der Waals surface area (Å²) in [6, 6.07) is 8.74. The first-order valence-corrected chi connectivity index (χ1v) is 32.9. The van der Waals surface area contributed by atoms with Gasteiger partial charge in [-0.15, -0.1) is 0 Å². The molecule has 3 aliphatic rings. The molecule has 5 unspecified atom stereocenters. The number of nitrogens with zero attached hydrogens (tertiary/aromatic N) is 2. The van der Waals surface area contributed by atoms with Crippen LogP contribution >= 0.6 is 66.6 Å². The van der Waals surface area contributed by atoms with E-state index in [9.17, 15) is 43.0 Å². The molecule has 0 radical (unpaired) electrons. The molecule has 78 heavy (non-hydrogen) atoms. The number of phosphoric acid groups is 3. The van der Waals surface area contributed by atoms with Crippen molar-refractivity contribution in [2.24, 2.45) is 5.92 Å². The van der Waals surface area contributed by atoms with E-state index in [-0.39, 0.29) is 64.6 Å². The second-order valence-corrected chi connectivity index (χ2v) is 29.8. The number of aryl methyl sites for hydroxylation is 1. The lowest BCUT2D eigenvalue weighted by Gasteiger charge is -2.37. The Kier molecular flexibility index (Phi) is 21.4. The van der Waals surface area contributed by atoms with Crippen LogP contribution in [0, 0.1) is 24.7 Å². The van der Waals surface area contributed by atoms with Gasteiger partial charge in [-0.1, -0.05) is 94.5 Å². The lowest BCUT2D eigenvalue weighted by molar-refractivity contribution is -0.0543. The van der Waals surface area contributed by atoms with Crippen LogP contribution in [0.15, 0.2) is 77.0 Å². The predicted molar refractivity (Wildman–Crippen MR) is 301 cm³/mol. The molecule has 426 valence electrons. The number of rotatable bonds is 24. The Bertz CT molecular complexity index is 3120. The molecule has 6 rings (SSSR count). The average molecular weight is 1220 g/mol. The van der Waals surface area contributed by atoms with Gasteiger partial charge in [-0.3, -0.25) is 13.9 Å². The van der Waals surface area contributed by atoms with E-state index in [0.717, 1.165) is 32.5 Å². The molecule has 3 aromatic rings. The number of carboxylic acid groups (broad SMARTS) is 1. The van der Waals surface area contributed by atoms with Crippen LogP contribution in [-0.4, -0.2) is 106 Å². The monoisotopic (exact) mass is 1220 g/mol. The highest BCUT2D eigenvalue weighted by molar-refractivity contribution is 8.77. The minimum absolute atomic E-state index is 0.00317. The summed E-state index contributed by atoms with van der Waals surface area (Å²) in [6.07, 6.45) is 2.01. The molecule has 23 nitrogen and oxygen atoms in total. The van der Waals surface area contributed by atoms with Gasteiger partial charge in [0.15, 0.2) is 0 Å². The number of hydrogen-bond acceptors (Lipinski definition) is 20. The Labute approximate surface area is 466 Å². The highest BCUT2D eigenvalue weighted by Crippen LogP contribution is 2.66. The minimum atomic E-state index is -5.79. The Morgan fingerprint density at radius 2 is 1.72 bits per heavy atom. The third-order valence-electron chi connectivity index (χ3n) is 11.5. The first-order chi connectivity index (χ1) is 36.3. The Morgan fingerprint density at radius 1 is 1.00 bits per heavy atom. The molecule has 1 fully saturated rings. The Hall–Kier alpha value is -3.87. The molecule has 2 aliphatic heterocycles. The number of carbonyl (C=O) groups is 2. The van der Waals surface area contributed by atoms with Crippen LogP contribution in [-0.2, 0) is 41.1 Å². The number of amides is 1. The third-order valence-corrected chi connectivity index (χ3v) is 21.3. The minimum Gasteiger partial charge on any atom is -0.478 e. The summed E-state index contributed by atoms with van der Waals surface area (Å²) in [5.74, 6) is 4.67. The molecule has 3 heterocycles. The van der Waals surface area contributed by atoms with Crippen molar-refractivity contribution in [3.8, 4) is 17.6 Å². The number of hydrogen-bond donors (Lipinski definition) is 8. The number of nitrogens with two attached hydrogens (primary N) is 1. The standard InChI is InChI=1S/C48H62N5O18P3S4/c1-10-50-36-20-38-35(17-29(36)4)42(34-16-27(2)28(3)18-37(34)68-38)32-14-13-30(19-33(32)45(55)56)44(54)51-24-48(8,9)78-75-25-65-15-11-12-31-22-53(46(57)52-43(31)49)41-21-39(66-26-76-77-47(5,6)7)40(69-41)23-67-73(61,62)71-74(63,64)70-72(58,59)60/h13-14,16-20,22,34,39-42,50H,3,10,15,21,23-26H2,1-2,4-9H3,(H,51,54)(H,55,56)(H,61,62)(H,63,64)(H2,49,52,57)(H2,58,59,60)/t34?,39?,40-,41-,42?/m1/s1. The molecule has 0 saturated carbocycles. The Morgan fingerprint density at radius 3 is 2.40 bits per heavy atom. The largest absolute Gasteiger partial charge is 0.490 e. The van der Waals surface area contributed by atoms with E-state index >= 15 is 0 Å². The zero-order valence-electron chi connectivity index (χ0n) is 43.7. The molecule has 0 bridgehead atoms. The van der Waals surface area contributed by atoms with E-state index in [4.69, 9.17) is 39.0 Å². The highest BCUT2D eigenvalue weighted by Gasteiger charge is 2.44. The van der Waals surface area contributed by atoms with Crippen molar-refractivity contribution in [2.45, 2.75) is 95.7 Å². The van der Waals surface area contributed by atoms with Crippen LogP contribution in [0.4, 0.5) is 11.5 Å². The topological polar surface area (TPSA) is 336 Å². The summed E-state index contributed by atoms with van der Waals surface area (Å²) >= 11 is 0. The maximum absolute atomic E-state index is 13.6. The summed E-state index contributed by atoms with van der Waals surface area (Å²) in [4.78, 5) is 80.9. The molecule has 9 N–H and O–H groups in total. The molecule has 30 heteroatoms. The van der Waals surface area contributed by atoms with Crippen LogP contribution in [0.3, 0.4) is 0 Å². The average Bonchev–Trinajstić information content (AvgIpc) is 3.86. The molecule has 1 aromatic heterocycles. The van der Waals surface area contributed by atoms with Crippen molar-refractivity contribution in [1.82, 2.24) is 14.9 Å². The summed E-state index contributed by atoms with van der Waals surface area (Å²) < 4.78 is 72.4. The number of allylic oxidation sites excluding steroid dienone is 4. The number of nitrogens with one attached hydrogen (secondary N) is 2. The van der Waals surface area contributed by atoms with Gasteiger partial charge in [-0.2, -0.15) is 13.6 Å². The van der Waals surface area contributed by atoms with Crippen molar-refractivity contribution in [3.05, 3.63) is 116 Å². The maximum Gasteiger partial charge on any atom is 0.490 e. The summed E-state index contributed by atoms with van der Waals surface area (Å²) in [5, 5.41) is 16.9. The zero-order chi connectivity index (χ0) is 57.5. The third kappa shape index (κ3) is 17.8. The van der Waals surface area contributed by atoms with Crippen molar-refractivity contribution in [2.75, 3.05) is 49.2 Å².